The Morgan fingerprint density at radius 1 is 1.00 bits per heavy atom. The van der Waals surface area contributed by atoms with Crippen molar-refractivity contribution in [2.75, 3.05) is 0 Å². The molecule has 0 radical (unpaired) electrons. The second-order valence-electron chi connectivity index (χ2n) is 4.53. The van der Waals surface area contributed by atoms with Gasteiger partial charge in [0.2, 0.25) is 0 Å². The van der Waals surface area contributed by atoms with Gasteiger partial charge in [-0.1, -0.05) is 6.07 Å². The third kappa shape index (κ3) is 1.79. The van der Waals surface area contributed by atoms with Crippen LogP contribution in [0.5, 0.6) is 0 Å². The molecule has 0 saturated carbocycles. The molecule has 1 aliphatic heterocycles. The molecule has 3 rings (SSSR count). The Kier molecular flexibility index (Phi) is 2.47. The molecule has 1 heterocycles. The highest BCUT2D eigenvalue weighted by atomic mass is 32.2. The first-order chi connectivity index (χ1) is 9.27. The van der Waals surface area contributed by atoms with Crippen LogP contribution in [0, 0.1) is 6.92 Å². The maximum atomic E-state index is 11.7. The summed E-state index contributed by atoms with van der Waals surface area (Å²) in [5.74, 6) is -1.70. The van der Waals surface area contributed by atoms with E-state index in [1.807, 2.05) is 0 Å². The number of ether oxygens (including phenoxy) is 1. The highest BCUT2D eigenvalue weighted by Gasteiger charge is 2.29. The number of carbonyl (C=O) groups is 2. The van der Waals surface area contributed by atoms with E-state index in [1.165, 1.54) is 6.07 Å². The Labute approximate surface area is 113 Å². The van der Waals surface area contributed by atoms with Crippen molar-refractivity contribution in [1.29, 1.82) is 0 Å². The van der Waals surface area contributed by atoms with E-state index in [9.17, 15) is 18.0 Å². The van der Waals surface area contributed by atoms with Crippen molar-refractivity contribution in [3.05, 3.63) is 41.0 Å². The molecule has 6 nitrogen and oxygen atoms in total. The third-order valence-corrected chi connectivity index (χ3v) is 3.92. The molecule has 0 unspecified atom stereocenters. The molecule has 20 heavy (non-hydrogen) atoms. The van der Waals surface area contributed by atoms with Crippen LogP contribution >= 0.6 is 0 Å². The molecule has 1 aliphatic rings. The quantitative estimate of drug-likeness (QED) is 0.488. The Hall–Kier alpha value is -2.25. The minimum atomic E-state index is -4.46. The van der Waals surface area contributed by atoms with Gasteiger partial charge in [0.15, 0.2) is 0 Å². The van der Waals surface area contributed by atoms with Crippen LogP contribution in [0.2, 0.25) is 0 Å². The molecule has 0 amide bonds. The summed E-state index contributed by atoms with van der Waals surface area (Å²) in [5, 5.41) is 0.722. The van der Waals surface area contributed by atoms with Crippen LogP contribution in [0.15, 0.2) is 29.2 Å². The third-order valence-electron chi connectivity index (χ3n) is 3.09. The van der Waals surface area contributed by atoms with Crippen LogP contribution in [0.1, 0.15) is 26.3 Å². The monoisotopic (exact) mass is 292 g/mol. The molecule has 0 aromatic heterocycles. The maximum Gasteiger partial charge on any atom is 0.346 e. The van der Waals surface area contributed by atoms with E-state index in [2.05, 4.69) is 4.74 Å². The Morgan fingerprint density at radius 2 is 1.60 bits per heavy atom. The second-order valence-corrected chi connectivity index (χ2v) is 5.96. The Morgan fingerprint density at radius 3 is 2.20 bits per heavy atom. The topological polar surface area (TPSA) is 97.7 Å². The Bertz CT molecular complexity index is 895. The summed E-state index contributed by atoms with van der Waals surface area (Å²) in [6.07, 6.45) is 0. The minimum absolute atomic E-state index is 0.0512. The highest BCUT2D eigenvalue weighted by molar-refractivity contribution is 7.85. The standard InChI is InChI=1S/C13H8O6S/c1-6-2-7-4-8(20(16,17)18)5-10-11(7)9(3-6)12(14)19-13(10)15/h2-5H,1H3,(H,16,17,18). The fraction of sp³-hybridized carbons (Fsp3) is 0.0769. The molecule has 102 valence electrons. The van der Waals surface area contributed by atoms with Crippen molar-refractivity contribution in [1.82, 2.24) is 0 Å². The van der Waals surface area contributed by atoms with Crippen LogP contribution in [0.25, 0.3) is 10.8 Å². The van der Waals surface area contributed by atoms with Gasteiger partial charge in [-0.05, 0) is 36.1 Å². The summed E-state index contributed by atoms with van der Waals surface area (Å²) in [6.45, 7) is 1.72. The first-order valence-corrected chi connectivity index (χ1v) is 7.04. The van der Waals surface area contributed by atoms with Crippen molar-refractivity contribution in [3.63, 3.8) is 0 Å². The Balaban J connectivity index is 2.53. The molecule has 0 bridgehead atoms. The van der Waals surface area contributed by atoms with Crippen molar-refractivity contribution >= 4 is 32.8 Å². The lowest BCUT2D eigenvalue weighted by Gasteiger charge is -2.17. The summed E-state index contributed by atoms with van der Waals surface area (Å²) in [4.78, 5) is 23.0. The first kappa shape index (κ1) is 12.8. The molecule has 0 atom stereocenters. The number of carbonyl (C=O) groups excluding carboxylic acids is 2. The van der Waals surface area contributed by atoms with Gasteiger partial charge >= 0.3 is 11.9 Å². The fourth-order valence-electron chi connectivity index (χ4n) is 2.30. The molecule has 1 N–H and O–H groups in total. The summed E-state index contributed by atoms with van der Waals surface area (Å²) in [7, 11) is -4.46. The second kappa shape index (κ2) is 3.87. The molecular weight excluding hydrogens is 284 g/mol. The van der Waals surface area contributed by atoms with Crippen LogP contribution in [-0.4, -0.2) is 24.9 Å². The van der Waals surface area contributed by atoms with Gasteiger partial charge in [-0.2, -0.15) is 8.42 Å². The number of benzene rings is 2. The van der Waals surface area contributed by atoms with Crippen LogP contribution in [0.3, 0.4) is 0 Å². The number of hydrogen-bond acceptors (Lipinski definition) is 5. The van der Waals surface area contributed by atoms with Gasteiger partial charge in [0, 0.05) is 5.39 Å². The van der Waals surface area contributed by atoms with Crippen molar-refractivity contribution < 1.29 is 27.3 Å². The van der Waals surface area contributed by atoms with Gasteiger partial charge in [-0.3, -0.25) is 4.55 Å². The van der Waals surface area contributed by atoms with Gasteiger partial charge in [0.05, 0.1) is 16.0 Å². The zero-order valence-corrected chi connectivity index (χ0v) is 11.0. The largest absolute Gasteiger partial charge is 0.386 e. The number of hydrogen-bond donors (Lipinski definition) is 1. The van der Waals surface area contributed by atoms with Crippen LogP contribution in [0.4, 0.5) is 0 Å². The normalized spacial score (nSPS) is 14.5. The predicted molar refractivity (Wildman–Crippen MR) is 68.2 cm³/mol. The molecule has 0 saturated heterocycles. The molecule has 0 fully saturated rings. The fourth-order valence-corrected chi connectivity index (χ4v) is 2.85. The lowest BCUT2D eigenvalue weighted by atomic mass is 9.95. The number of aryl methyl sites for hydroxylation is 1. The van der Waals surface area contributed by atoms with Gasteiger partial charge in [0.25, 0.3) is 10.1 Å². The van der Waals surface area contributed by atoms with E-state index < -0.39 is 27.0 Å². The number of cyclic esters (lactones) is 2. The van der Waals surface area contributed by atoms with Gasteiger partial charge in [0.1, 0.15) is 0 Å². The van der Waals surface area contributed by atoms with Gasteiger partial charge < -0.3 is 4.74 Å². The molecule has 0 aliphatic carbocycles. The summed E-state index contributed by atoms with van der Waals surface area (Å²) in [5.41, 5.74) is 0.860. The molecule has 7 heteroatoms. The molecular formula is C13H8O6S. The predicted octanol–water partition coefficient (Wildman–Crippen LogP) is 1.71. The van der Waals surface area contributed by atoms with Crippen molar-refractivity contribution in [2.45, 2.75) is 11.8 Å². The molecule has 2 aromatic rings. The SMILES string of the molecule is Cc1cc2c3c(cc(S(=O)(=O)O)cc3c1)C(=O)OC2=O. The van der Waals surface area contributed by atoms with E-state index in [0.717, 1.165) is 6.07 Å². The number of esters is 2. The van der Waals surface area contributed by atoms with Crippen LogP contribution in [-0.2, 0) is 14.9 Å². The smallest absolute Gasteiger partial charge is 0.346 e. The summed E-state index contributed by atoms with van der Waals surface area (Å²) >= 11 is 0. The van der Waals surface area contributed by atoms with Crippen molar-refractivity contribution in [3.8, 4) is 0 Å². The highest BCUT2D eigenvalue weighted by Crippen LogP contribution is 2.32. The van der Waals surface area contributed by atoms with Crippen LogP contribution < -0.4 is 0 Å². The van der Waals surface area contributed by atoms with E-state index in [0.29, 0.717) is 16.3 Å². The molecule has 0 spiro atoms. The summed E-state index contributed by atoms with van der Waals surface area (Å²) < 4.78 is 36.2. The zero-order valence-electron chi connectivity index (χ0n) is 10.2. The van der Waals surface area contributed by atoms with Crippen molar-refractivity contribution in [2.24, 2.45) is 0 Å². The lowest BCUT2D eigenvalue weighted by molar-refractivity contribution is 0.0391. The maximum absolute atomic E-state index is 11.7. The van der Waals surface area contributed by atoms with Gasteiger partial charge in [-0.25, -0.2) is 9.59 Å². The van der Waals surface area contributed by atoms with E-state index in [-0.39, 0.29) is 11.1 Å². The number of rotatable bonds is 1. The van der Waals surface area contributed by atoms with E-state index in [4.69, 9.17) is 4.55 Å². The minimum Gasteiger partial charge on any atom is -0.386 e. The average Bonchev–Trinajstić information content (AvgIpc) is 2.33. The summed E-state index contributed by atoms with van der Waals surface area (Å²) in [6, 6.07) is 5.42. The van der Waals surface area contributed by atoms with Gasteiger partial charge in [-0.15, -0.1) is 0 Å². The molecule has 2 aromatic carbocycles. The van der Waals surface area contributed by atoms with E-state index >= 15 is 0 Å². The van der Waals surface area contributed by atoms with E-state index in [1.54, 1.807) is 19.1 Å². The first-order valence-electron chi connectivity index (χ1n) is 5.60. The lowest BCUT2D eigenvalue weighted by Crippen LogP contribution is -2.20. The average molecular weight is 292 g/mol. The zero-order chi connectivity index (χ0) is 14.7.